The second-order valence-corrected chi connectivity index (χ2v) is 5.95. The second-order valence-electron chi connectivity index (χ2n) is 5.95. The Morgan fingerprint density at radius 2 is 2.33 bits per heavy atom. The molecule has 0 spiro atoms. The molecule has 1 N–H and O–H groups in total. The number of amides is 1. The zero-order valence-corrected chi connectivity index (χ0v) is 12.6. The van der Waals surface area contributed by atoms with Gasteiger partial charge in [0.2, 0.25) is 5.91 Å². The first-order valence-electron chi connectivity index (χ1n) is 7.34. The number of rotatable bonds is 5. The molecular weight excluding hydrogens is 266 g/mol. The van der Waals surface area contributed by atoms with Gasteiger partial charge < -0.3 is 14.5 Å². The highest BCUT2D eigenvalue weighted by molar-refractivity contribution is 5.83. The monoisotopic (exact) mass is 287 g/mol. The normalized spacial score (nSPS) is 16.7. The van der Waals surface area contributed by atoms with Crippen LogP contribution in [-0.4, -0.2) is 29.0 Å². The summed E-state index contributed by atoms with van der Waals surface area (Å²) in [5.74, 6) is 0.0869. The highest BCUT2D eigenvalue weighted by atomic mass is 16.5. The van der Waals surface area contributed by atoms with Crippen molar-refractivity contribution in [2.75, 3.05) is 13.7 Å². The van der Waals surface area contributed by atoms with Gasteiger partial charge in [-0.05, 0) is 37.5 Å². The van der Waals surface area contributed by atoms with Gasteiger partial charge in [-0.3, -0.25) is 4.79 Å². The van der Waals surface area contributed by atoms with Gasteiger partial charge in [-0.25, -0.2) is 4.98 Å². The van der Waals surface area contributed by atoms with E-state index in [0.29, 0.717) is 13.2 Å². The number of methoxy groups -OCH3 is 1. The van der Waals surface area contributed by atoms with Crippen LogP contribution in [0.5, 0.6) is 0 Å². The van der Waals surface area contributed by atoms with Crippen molar-refractivity contribution < 1.29 is 9.53 Å². The van der Waals surface area contributed by atoms with Crippen LogP contribution in [-0.2, 0) is 16.1 Å². The van der Waals surface area contributed by atoms with E-state index >= 15 is 0 Å². The summed E-state index contributed by atoms with van der Waals surface area (Å²) in [6.07, 6.45) is 6.87. The molecular formula is C16H21N3O2. The van der Waals surface area contributed by atoms with Crippen LogP contribution >= 0.6 is 0 Å². The summed E-state index contributed by atoms with van der Waals surface area (Å²) in [6, 6.07) is 4.07. The van der Waals surface area contributed by atoms with Crippen LogP contribution in [0.2, 0.25) is 0 Å². The Hall–Kier alpha value is -1.88. The Bertz CT molecular complexity index is 659. The minimum absolute atomic E-state index is 0.0869. The number of hydrogen-bond donors (Lipinski definition) is 1. The Labute approximate surface area is 124 Å². The average molecular weight is 287 g/mol. The molecule has 0 aromatic carbocycles. The zero-order valence-electron chi connectivity index (χ0n) is 12.6. The van der Waals surface area contributed by atoms with E-state index in [1.54, 1.807) is 7.11 Å². The number of carbonyl (C=O) groups is 1. The van der Waals surface area contributed by atoms with Crippen LogP contribution in [0.4, 0.5) is 0 Å². The van der Waals surface area contributed by atoms with Gasteiger partial charge in [0.25, 0.3) is 0 Å². The van der Waals surface area contributed by atoms with Crippen LogP contribution in [0.15, 0.2) is 24.5 Å². The molecule has 1 aliphatic rings. The fourth-order valence-corrected chi connectivity index (χ4v) is 2.90. The Morgan fingerprint density at radius 3 is 3.00 bits per heavy atom. The molecule has 112 valence electrons. The van der Waals surface area contributed by atoms with Crippen LogP contribution in [0.1, 0.15) is 30.5 Å². The third-order valence-electron chi connectivity index (χ3n) is 4.31. The molecule has 2 aromatic rings. The summed E-state index contributed by atoms with van der Waals surface area (Å²) in [6.45, 7) is 3.01. The molecule has 2 aromatic heterocycles. The fraction of sp³-hybridized carbons (Fsp3) is 0.500. The molecule has 0 atom stereocenters. The lowest BCUT2D eigenvalue weighted by Gasteiger charge is -2.39. The first-order chi connectivity index (χ1) is 10.1. The summed E-state index contributed by atoms with van der Waals surface area (Å²) >= 11 is 0. The predicted molar refractivity (Wildman–Crippen MR) is 79.9 cm³/mol. The molecule has 0 radical (unpaired) electrons. The summed E-state index contributed by atoms with van der Waals surface area (Å²) in [5.41, 5.74) is 2.65. The molecule has 0 saturated heterocycles. The highest BCUT2D eigenvalue weighted by Gasteiger charge is 2.43. The number of nitrogens with zero attached hydrogens (tertiary/aromatic N) is 2. The van der Waals surface area contributed by atoms with E-state index in [1.807, 2.05) is 35.9 Å². The van der Waals surface area contributed by atoms with Gasteiger partial charge in [0.05, 0.1) is 24.3 Å². The first-order valence-corrected chi connectivity index (χ1v) is 7.34. The number of fused-ring (bicyclic) bond motifs is 1. The standard InChI is InChI=1S/C16H21N3O2/c1-12-4-7-19-10-13(18-14(19)8-12)9-17-15(20)16(11-21-2)5-3-6-16/h4,7-8,10H,3,5-6,9,11H2,1-2H3,(H,17,20). The third kappa shape index (κ3) is 2.65. The number of aromatic nitrogens is 2. The molecule has 1 aliphatic carbocycles. The number of nitrogens with one attached hydrogen (secondary N) is 1. The van der Waals surface area contributed by atoms with E-state index in [1.165, 1.54) is 5.56 Å². The van der Waals surface area contributed by atoms with E-state index < -0.39 is 0 Å². The smallest absolute Gasteiger partial charge is 0.228 e. The minimum atomic E-state index is -0.315. The molecule has 0 bridgehead atoms. The summed E-state index contributed by atoms with van der Waals surface area (Å²) in [7, 11) is 1.65. The molecule has 1 amide bonds. The van der Waals surface area contributed by atoms with E-state index in [4.69, 9.17) is 4.74 Å². The number of carbonyl (C=O) groups excluding carboxylic acids is 1. The van der Waals surface area contributed by atoms with Crippen molar-refractivity contribution in [3.63, 3.8) is 0 Å². The van der Waals surface area contributed by atoms with Gasteiger partial charge in [0.1, 0.15) is 5.65 Å². The maximum atomic E-state index is 12.4. The lowest BCUT2D eigenvalue weighted by Crippen LogP contribution is -2.48. The number of hydrogen-bond acceptors (Lipinski definition) is 3. The summed E-state index contributed by atoms with van der Waals surface area (Å²) < 4.78 is 7.18. The van der Waals surface area contributed by atoms with Crippen molar-refractivity contribution in [1.82, 2.24) is 14.7 Å². The molecule has 1 fully saturated rings. The van der Waals surface area contributed by atoms with Crippen LogP contribution in [0.3, 0.4) is 0 Å². The van der Waals surface area contributed by atoms with Crippen LogP contribution in [0.25, 0.3) is 5.65 Å². The highest BCUT2D eigenvalue weighted by Crippen LogP contribution is 2.41. The quantitative estimate of drug-likeness (QED) is 0.916. The molecule has 1 saturated carbocycles. The van der Waals surface area contributed by atoms with Gasteiger partial charge in [0.15, 0.2) is 0 Å². The Balaban J connectivity index is 1.67. The fourth-order valence-electron chi connectivity index (χ4n) is 2.90. The van der Waals surface area contributed by atoms with Crippen LogP contribution in [0, 0.1) is 12.3 Å². The number of pyridine rings is 1. The van der Waals surface area contributed by atoms with Gasteiger partial charge in [-0.15, -0.1) is 0 Å². The molecule has 21 heavy (non-hydrogen) atoms. The molecule has 5 heteroatoms. The Kier molecular flexibility index (Phi) is 3.68. The maximum Gasteiger partial charge on any atom is 0.228 e. The topological polar surface area (TPSA) is 55.6 Å². The van der Waals surface area contributed by atoms with Gasteiger partial charge in [0, 0.05) is 19.5 Å². The average Bonchev–Trinajstić information content (AvgIpc) is 2.82. The summed E-state index contributed by atoms with van der Waals surface area (Å²) in [5, 5.41) is 3.01. The first kappa shape index (κ1) is 14.1. The Morgan fingerprint density at radius 1 is 1.52 bits per heavy atom. The zero-order chi connectivity index (χ0) is 14.9. The van der Waals surface area contributed by atoms with E-state index in [-0.39, 0.29) is 11.3 Å². The second kappa shape index (κ2) is 5.48. The number of aryl methyl sites for hydroxylation is 1. The van der Waals surface area contributed by atoms with E-state index in [9.17, 15) is 4.79 Å². The SMILES string of the molecule is COCC1(C(=O)NCc2cn3ccc(C)cc3n2)CCC1. The molecule has 5 nitrogen and oxygen atoms in total. The predicted octanol–water partition coefficient (Wildman–Crippen LogP) is 2.08. The van der Waals surface area contributed by atoms with Crippen molar-refractivity contribution in [2.24, 2.45) is 5.41 Å². The minimum Gasteiger partial charge on any atom is -0.384 e. The van der Waals surface area contributed by atoms with Crippen molar-refractivity contribution >= 4 is 11.6 Å². The van der Waals surface area contributed by atoms with Gasteiger partial charge >= 0.3 is 0 Å². The maximum absolute atomic E-state index is 12.4. The lowest BCUT2D eigenvalue weighted by atomic mass is 9.68. The molecule has 0 unspecified atom stereocenters. The van der Waals surface area contributed by atoms with Gasteiger partial charge in [-0.2, -0.15) is 0 Å². The van der Waals surface area contributed by atoms with Crippen molar-refractivity contribution in [1.29, 1.82) is 0 Å². The lowest BCUT2D eigenvalue weighted by molar-refractivity contribution is -0.140. The number of ether oxygens (including phenoxy) is 1. The van der Waals surface area contributed by atoms with E-state index in [2.05, 4.69) is 10.3 Å². The third-order valence-corrected chi connectivity index (χ3v) is 4.31. The van der Waals surface area contributed by atoms with E-state index in [0.717, 1.165) is 30.6 Å². The number of imidazole rings is 1. The van der Waals surface area contributed by atoms with Crippen molar-refractivity contribution in [3.8, 4) is 0 Å². The van der Waals surface area contributed by atoms with Crippen LogP contribution < -0.4 is 5.32 Å². The molecule has 2 heterocycles. The molecule has 3 rings (SSSR count). The molecule has 0 aliphatic heterocycles. The van der Waals surface area contributed by atoms with Gasteiger partial charge in [-0.1, -0.05) is 6.42 Å². The largest absolute Gasteiger partial charge is 0.384 e. The summed E-state index contributed by atoms with van der Waals surface area (Å²) in [4.78, 5) is 16.9. The van der Waals surface area contributed by atoms with Crippen molar-refractivity contribution in [2.45, 2.75) is 32.7 Å². The van der Waals surface area contributed by atoms with Crippen molar-refractivity contribution in [3.05, 3.63) is 35.8 Å².